The summed E-state index contributed by atoms with van der Waals surface area (Å²) >= 11 is 0. The Hall–Kier alpha value is -1.16. The van der Waals surface area contributed by atoms with Crippen LogP contribution < -0.4 is 10.6 Å². The lowest BCUT2D eigenvalue weighted by Gasteiger charge is -2.25. The molecule has 1 aromatic heterocycles. The molecular weight excluding hydrogens is 212 g/mol. The SMILES string of the molecule is Cc1cc(CN)nc(N2CCCCCCC2)n1. The zero-order valence-corrected chi connectivity index (χ0v) is 10.7. The number of aromatic nitrogens is 2. The molecular formula is C13H22N4. The second-order valence-corrected chi connectivity index (χ2v) is 4.76. The Balaban J connectivity index is 2.15. The van der Waals surface area contributed by atoms with Crippen LogP contribution in [0.15, 0.2) is 6.07 Å². The van der Waals surface area contributed by atoms with Gasteiger partial charge in [-0.3, -0.25) is 0 Å². The van der Waals surface area contributed by atoms with Crippen molar-refractivity contribution in [1.82, 2.24) is 9.97 Å². The Bertz CT molecular complexity index is 356. The number of hydrogen-bond donors (Lipinski definition) is 1. The normalized spacial score (nSPS) is 17.6. The Morgan fingerprint density at radius 1 is 1.12 bits per heavy atom. The van der Waals surface area contributed by atoms with Crippen LogP contribution in [0.3, 0.4) is 0 Å². The van der Waals surface area contributed by atoms with Crippen LogP contribution in [0.5, 0.6) is 0 Å². The third-order valence-corrected chi connectivity index (χ3v) is 3.24. The minimum absolute atomic E-state index is 0.490. The summed E-state index contributed by atoms with van der Waals surface area (Å²) in [6, 6.07) is 1.97. The van der Waals surface area contributed by atoms with Crippen molar-refractivity contribution in [2.45, 2.75) is 45.6 Å². The minimum atomic E-state index is 0.490. The van der Waals surface area contributed by atoms with Crippen molar-refractivity contribution in [3.8, 4) is 0 Å². The molecule has 2 heterocycles. The number of rotatable bonds is 2. The average Bonchev–Trinajstić information content (AvgIpc) is 2.27. The first-order chi connectivity index (χ1) is 8.29. The van der Waals surface area contributed by atoms with Crippen molar-refractivity contribution < 1.29 is 0 Å². The van der Waals surface area contributed by atoms with Crippen LogP contribution >= 0.6 is 0 Å². The predicted molar refractivity (Wildman–Crippen MR) is 70.0 cm³/mol. The standard InChI is InChI=1S/C13H22N4/c1-11-9-12(10-14)16-13(15-11)17-7-5-3-2-4-6-8-17/h9H,2-8,10,14H2,1H3. The van der Waals surface area contributed by atoms with Crippen LogP contribution in [0.4, 0.5) is 5.95 Å². The van der Waals surface area contributed by atoms with Gasteiger partial charge in [0.15, 0.2) is 0 Å². The van der Waals surface area contributed by atoms with Gasteiger partial charge in [-0.25, -0.2) is 9.97 Å². The molecule has 17 heavy (non-hydrogen) atoms. The molecule has 2 rings (SSSR count). The summed E-state index contributed by atoms with van der Waals surface area (Å²) in [6.07, 6.45) is 6.51. The molecule has 0 atom stereocenters. The first-order valence-electron chi connectivity index (χ1n) is 6.59. The average molecular weight is 234 g/mol. The van der Waals surface area contributed by atoms with E-state index in [0.29, 0.717) is 6.54 Å². The van der Waals surface area contributed by atoms with E-state index in [1.807, 2.05) is 13.0 Å². The van der Waals surface area contributed by atoms with E-state index in [4.69, 9.17) is 5.73 Å². The lowest BCUT2D eigenvalue weighted by atomic mass is 10.1. The van der Waals surface area contributed by atoms with Gasteiger partial charge in [0.1, 0.15) is 0 Å². The Kier molecular flexibility index (Phi) is 4.31. The van der Waals surface area contributed by atoms with E-state index in [9.17, 15) is 0 Å². The van der Waals surface area contributed by atoms with Gasteiger partial charge in [0.25, 0.3) is 0 Å². The molecule has 2 N–H and O–H groups in total. The van der Waals surface area contributed by atoms with Gasteiger partial charge in [-0.1, -0.05) is 19.3 Å². The molecule has 0 aromatic carbocycles. The molecule has 94 valence electrons. The fourth-order valence-electron chi connectivity index (χ4n) is 2.31. The van der Waals surface area contributed by atoms with Gasteiger partial charge >= 0.3 is 0 Å². The summed E-state index contributed by atoms with van der Waals surface area (Å²) in [5, 5.41) is 0. The van der Waals surface area contributed by atoms with E-state index >= 15 is 0 Å². The molecule has 1 aromatic rings. The molecule has 4 heteroatoms. The predicted octanol–water partition coefficient (Wildman–Crippen LogP) is 2.01. The quantitative estimate of drug-likeness (QED) is 0.850. The molecule has 0 bridgehead atoms. The van der Waals surface area contributed by atoms with Crippen LogP contribution in [-0.2, 0) is 6.54 Å². The summed E-state index contributed by atoms with van der Waals surface area (Å²) < 4.78 is 0. The number of nitrogens with zero attached hydrogens (tertiary/aromatic N) is 3. The van der Waals surface area contributed by atoms with E-state index in [0.717, 1.165) is 30.4 Å². The molecule has 1 fully saturated rings. The van der Waals surface area contributed by atoms with Crippen LogP contribution in [-0.4, -0.2) is 23.1 Å². The van der Waals surface area contributed by atoms with Gasteiger partial charge in [0.05, 0.1) is 5.69 Å². The first kappa shape index (κ1) is 12.3. The summed E-state index contributed by atoms with van der Waals surface area (Å²) in [6.45, 7) is 4.65. The number of aryl methyl sites for hydroxylation is 1. The summed E-state index contributed by atoms with van der Waals surface area (Å²) in [5.74, 6) is 0.868. The maximum Gasteiger partial charge on any atom is 0.225 e. The van der Waals surface area contributed by atoms with E-state index < -0.39 is 0 Å². The molecule has 1 aliphatic heterocycles. The van der Waals surface area contributed by atoms with E-state index in [-0.39, 0.29) is 0 Å². The summed E-state index contributed by atoms with van der Waals surface area (Å²) in [4.78, 5) is 11.4. The zero-order valence-electron chi connectivity index (χ0n) is 10.7. The van der Waals surface area contributed by atoms with Gasteiger partial charge in [-0.2, -0.15) is 0 Å². The topological polar surface area (TPSA) is 55.0 Å². The Morgan fingerprint density at radius 3 is 2.41 bits per heavy atom. The lowest BCUT2D eigenvalue weighted by molar-refractivity contribution is 0.549. The van der Waals surface area contributed by atoms with Crippen molar-refractivity contribution in [3.05, 3.63) is 17.5 Å². The van der Waals surface area contributed by atoms with E-state index in [1.54, 1.807) is 0 Å². The van der Waals surface area contributed by atoms with Crippen LogP contribution in [0.25, 0.3) is 0 Å². The third kappa shape index (κ3) is 3.40. The van der Waals surface area contributed by atoms with E-state index in [1.165, 1.54) is 32.1 Å². The fourth-order valence-corrected chi connectivity index (χ4v) is 2.31. The van der Waals surface area contributed by atoms with Crippen molar-refractivity contribution in [2.75, 3.05) is 18.0 Å². The first-order valence-corrected chi connectivity index (χ1v) is 6.59. The summed E-state index contributed by atoms with van der Waals surface area (Å²) in [7, 11) is 0. The molecule has 0 radical (unpaired) electrons. The second-order valence-electron chi connectivity index (χ2n) is 4.76. The molecule has 0 amide bonds. The zero-order chi connectivity index (χ0) is 12.1. The fraction of sp³-hybridized carbons (Fsp3) is 0.692. The van der Waals surface area contributed by atoms with Gasteiger partial charge in [0.2, 0.25) is 5.95 Å². The van der Waals surface area contributed by atoms with Crippen LogP contribution in [0.2, 0.25) is 0 Å². The molecule has 1 saturated heterocycles. The summed E-state index contributed by atoms with van der Waals surface area (Å²) in [5.41, 5.74) is 7.62. The van der Waals surface area contributed by atoms with Crippen molar-refractivity contribution >= 4 is 5.95 Å². The van der Waals surface area contributed by atoms with Gasteiger partial charge < -0.3 is 10.6 Å². The monoisotopic (exact) mass is 234 g/mol. The van der Waals surface area contributed by atoms with Gasteiger partial charge in [-0.05, 0) is 25.8 Å². The third-order valence-electron chi connectivity index (χ3n) is 3.24. The molecule has 0 unspecified atom stereocenters. The number of nitrogens with two attached hydrogens (primary N) is 1. The molecule has 0 spiro atoms. The number of anilines is 1. The molecule has 0 aliphatic carbocycles. The second kappa shape index (κ2) is 5.96. The highest BCUT2D eigenvalue weighted by atomic mass is 15.2. The van der Waals surface area contributed by atoms with Crippen molar-refractivity contribution in [3.63, 3.8) is 0 Å². The number of hydrogen-bond acceptors (Lipinski definition) is 4. The molecule has 4 nitrogen and oxygen atoms in total. The Morgan fingerprint density at radius 2 is 1.76 bits per heavy atom. The highest BCUT2D eigenvalue weighted by Gasteiger charge is 2.12. The highest BCUT2D eigenvalue weighted by Crippen LogP contribution is 2.16. The van der Waals surface area contributed by atoms with Crippen molar-refractivity contribution in [1.29, 1.82) is 0 Å². The minimum Gasteiger partial charge on any atom is -0.341 e. The molecule has 1 aliphatic rings. The van der Waals surface area contributed by atoms with E-state index in [2.05, 4.69) is 14.9 Å². The van der Waals surface area contributed by atoms with Gasteiger partial charge in [0, 0.05) is 25.3 Å². The maximum absolute atomic E-state index is 5.66. The van der Waals surface area contributed by atoms with Crippen molar-refractivity contribution in [2.24, 2.45) is 5.73 Å². The van der Waals surface area contributed by atoms with Gasteiger partial charge in [-0.15, -0.1) is 0 Å². The lowest BCUT2D eigenvalue weighted by Crippen LogP contribution is -2.29. The molecule has 0 saturated carbocycles. The maximum atomic E-state index is 5.66. The largest absolute Gasteiger partial charge is 0.341 e. The smallest absolute Gasteiger partial charge is 0.225 e. The Labute approximate surface area is 103 Å². The van der Waals surface area contributed by atoms with Crippen LogP contribution in [0, 0.1) is 6.92 Å². The highest BCUT2D eigenvalue weighted by molar-refractivity contribution is 5.32. The van der Waals surface area contributed by atoms with Crippen LogP contribution in [0.1, 0.15) is 43.5 Å².